The molecule has 3 fully saturated rings. The smallest absolute Gasteiger partial charge is 0.220 e. The zero-order chi connectivity index (χ0) is 74.6. The van der Waals surface area contributed by atoms with E-state index < -0.39 is 124 Å². The summed E-state index contributed by atoms with van der Waals surface area (Å²) in [6.45, 7) is 1.79. The molecular weight excluding hydrogens is 1310 g/mol. The molecule has 608 valence electrons. The molecule has 0 aromatic heterocycles. The van der Waals surface area contributed by atoms with Gasteiger partial charge in [0.25, 0.3) is 0 Å². The van der Waals surface area contributed by atoms with E-state index in [4.69, 9.17) is 28.4 Å². The second-order valence-corrected chi connectivity index (χ2v) is 31.0. The summed E-state index contributed by atoms with van der Waals surface area (Å²) in [5.41, 5.74) is 0. The van der Waals surface area contributed by atoms with Crippen LogP contribution in [0.15, 0.2) is 24.3 Å². The van der Waals surface area contributed by atoms with E-state index >= 15 is 0 Å². The number of rotatable bonds is 70. The summed E-state index contributed by atoms with van der Waals surface area (Å²) in [5.74, 6) is -0.276. The van der Waals surface area contributed by atoms with E-state index in [1.807, 2.05) is 6.08 Å². The van der Waals surface area contributed by atoms with E-state index in [2.05, 4.69) is 31.3 Å². The van der Waals surface area contributed by atoms with Crippen LogP contribution in [0.3, 0.4) is 0 Å². The van der Waals surface area contributed by atoms with Crippen molar-refractivity contribution >= 4 is 5.91 Å². The molecule has 103 heavy (non-hydrogen) atoms. The molecule has 3 rings (SSSR count). The van der Waals surface area contributed by atoms with Crippen molar-refractivity contribution in [1.82, 2.24) is 5.32 Å². The van der Waals surface area contributed by atoms with Crippen LogP contribution in [0.5, 0.6) is 0 Å². The van der Waals surface area contributed by atoms with Crippen LogP contribution in [0.1, 0.15) is 373 Å². The van der Waals surface area contributed by atoms with Crippen molar-refractivity contribution in [2.45, 2.75) is 478 Å². The highest BCUT2D eigenvalue weighted by molar-refractivity contribution is 5.76. The van der Waals surface area contributed by atoms with Crippen LogP contribution in [0.4, 0.5) is 0 Å². The van der Waals surface area contributed by atoms with E-state index in [0.717, 1.165) is 38.5 Å². The summed E-state index contributed by atoms with van der Waals surface area (Å²) in [7, 11) is 0. The average molecular weight is 1470 g/mol. The van der Waals surface area contributed by atoms with Crippen LogP contribution < -0.4 is 5.32 Å². The van der Waals surface area contributed by atoms with E-state index in [1.165, 1.54) is 302 Å². The molecule has 0 bridgehead atoms. The maximum Gasteiger partial charge on any atom is 0.220 e. The Morgan fingerprint density at radius 2 is 0.621 bits per heavy atom. The lowest BCUT2D eigenvalue weighted by molar-refractivity contribution is -0.379. The molecule has 19 heteroatoms. The Balaban J connectivity index is 1.36. The molecule has 3 aliphatic rings. The van der Waals surface area contributed by atoms with Crippen molar-refractivity contribution in [3.05, 3.63) is 24.3 Å². The number of hydrogen-bond acceptors (Lipinski definition) is 18. The van der Waals surface area contributed by atoms with Gasteiger partial charge in [-0.15, -0.1) is 0 Å². The molecule has 3 heterocycles. The minimum atomic E-state index is -1.98. The molecular formula is C84H159NO18. The van der Waals surface area contributed by atoms with E-state index in [9.17, 15) is 61.0 Å². The third kappa shape index (κ3) is 44.6. The summed E-state index contributed by atoms with van der Waals surface area (Å²) in [5, 5.41) is 121. The Labute approximate surface area is 626 Å². The van der Waals surface area contributed by atoms with Crippen LogP contribution in [-0.4, -0.2) is 193 Å². The largest absolute Gasteiger partial charge is 0.394 e. The summed E-state index contributed by atoms with van der Waals surface area (Å²) in [4.78, 5) is 13.5. The lowest BCUT2D eigenvalue weighted by Crippen LogP contribution is -2.66. The van der Waals surface area contributed by atoms with Gasteiger partial charge in [-0.2, -0.15) is 0 Å². The first-order chi connectivity index (χ1) is 50.3. The van der Waals surface area contributed by atoms with Gasteiger partial charge in [-0.05, 0) is 32.1 Å². The highest BCUT2D eigenvalue weighted by Gasteiger charge is 2.54. The number of ether oxygens (including phenoxy) is 6. The minimum absolute atomic E-state index is 0.241. The second kappa shape index (κ2) is 65.0. The van der Waals surface area contributed by atoms with E-state index in [-0.39, 0.29) is 18.9 Å². The maximum atomic E-state index is 13.5. The first-order valence-electron chi connectivity index (χ1n) is 43.1. The van der Waals surface area contributed by atoms with Crippen molar-refractivity contribution < 1.29 is 89.4 Å². The predicted molar refractivity (Wildman–Crippen MR) is 411 cm³/mol. The zero-order valence-electron chi connectivity index (χ0n) is 65.3. The number of carbonyl (C=O) groups excluding carboxylic acids is 1. The van der Waals surface area contributed by atoms with Crippen molar-refractivity contribution in [2.24, 2.45) is 0 Å². The fourth-order valence-corrected chi connectivity index (χ4v) is 14.9. The molecule has 0 aromatic rings. The van der Waals surface area contributed by atoms with Gasteiger partial charge in [0, 0.05) is 6.42 Å². The monoisotopic (exact) mass is 1470 g/mol. The molecule has 3 saturated heterocycles. The Morgan fingerprint density at radius 1 is 0.340 bits per heavy atom. The Hall–Kier alpha value is -1.73. The molecule has 0 aliphatic carbocycles. The minimum Gasteiger partial charge on any atom is -0.394 e. The maximum absolute atomic E-state index is 13.5. The standard InChI is InChI=1S/C84H159NO18/c1-3-5-7-9-11-13-15-17-19-21-23-25-27-29-31-32-33-34-35-36-37-39-41-43-45-47-49-51-53-55-57-59-61-68(89)67(85-72(90)62-60-58-56-54-52-50-48-46-44-42-40-38-30-28-26-24-22-20-18-16-14-12-10-8-6-4-2)66-98-82-78(96)75(93)80(70(64-87)100-82)103-84-79(97)76(94)81(71(65-88)101-84)102-83-77(95)74(92)73(91)69(63-86)99-83/h51,53,59,61,67-71,73-84,86-89,91-97H,3-50,52,54-58,60,62-66H2,1-2H3,(H,85,90)/b53-51+,61-59+. The SMILES string of the molecule is CCCCCCCCCCCCCCCCCCCCCCCCCCCC/C=C/CC/C=C/C(O)C(COC1OC(CO)C(OC2OC(CO)C(OC3OC(CO)C(O)C(O)C3O)C(O)C2O)C(O)C1O)NC(=O)CCCCCCCCCCCCCCCCCCCCCCCCCCCC. The van der Waals surface area contributed by atoms with Gasteiger partial charge in [0.05, 0.1) is 38.6 Å². The number of hydrogen-bond donors (Lipinski definition) is 12. The third-order valence-electron chi connectivity index (χ3n) is 21.8. The Morgan fingerprint density at radius 3 is 0.971 bits per heavy atom. The summed E-state index contributed by atoms with van der Waals surface area (Å²) >= 11 is 0. The number of allylic oxidation sites excluding steroid dienone is 3. The molecule has 3 aliphatic heterocycles. The Bertz CT molecular complexity index is 1950. The number of carbonyl (C=O) groups is 1. The van der Waals surface area contributed by atoms with Crippen LogP contribution in [0.2, 0.25) is 0 Å². The number of nitrogens with one attached hydrogen (secondary N) is 1. The summed E-state index contributed by atoms with van der Waals surface area (Å²) in [6.07, 6.45) is 53.3. The molecule has 12 N–H and O–H groups in total. The molecule has 19 nitrogen and oxygen atoms in total. The topological polar surface area (TPSA) is 307 Å². The molecule has 0 radical (unpaired) electrons. The highest BCUT2D eigenvalue weighted by Crippen LogP contribution is 2.33. The number of aliphatic hydroxyl groups is 11. The van der Waals surface area contributed by atoms with E-state index in [0.29, 0.717) is 12.8 Å². The molecule has 17 atom stereocenters. The normalized spacial score (nSPS) is 26.1. The molecule has 0 saturated carbocycles. The van der Waals surface area contributed by atoms with Gasteiger partial charge in [-0.25, -0.2) is 0 Å². The fourth-order valence-electron chi connectivity index (χ4n) is 14.9. The first-order valence-corrected chi connectivity index (χ1v) is 43.1. The van der Waals surface area contributed by atoms with Crippen LogP contribution in [0.25, 0.3) is 0 Å². The van der Waals surface area contributed by atoms with Gasteiger partial charge in [-0.1, -0.05) is 359 Å². The quantitative estimate of drug-likeness (QED) is 0.0199. The first kappa shape index (κ1) is 95.5. The number of amides is 1. The van der Waals surface area contributed by atoms with Crippen molar-refractivity contribution in [3.63, 3.8) is 0 Å². The van der Waals surface area contributed by atoms with Crippen molar-refractivity contribution in [1.29, 1.82) is 0 Å². The van der Waals surface area contributed by atoms with Crippen molar-refractivity contribution in [2.75, 3.05) is 26.4 Å². The number of aliphatic hydroxyl groups excluding tert-OH is 11. The van der Waals surface area contributed by atoms with E-state index in [1.54, 1.807) is 6.08 Å². The summed E-state index contributed by atoms with van der Waals surface area (Å²) < 4.78 is 34.5. The molecule has 1 amide bonds. The van der Waals surface area contributed by atoms with Gasteiger partial charge in [0.2, 0.25) is 5.91 Å². The fraction of sp³-hybridized carbons (Fsp3) is 0.940. The van der Waals surface area contributed by atoms with Crippen LogP contribution in [-0.2, 0) is 33.2 Å². The van der Waals surface area contributed by atoms with Crippen LogP contribution in [0, 0.1) is 0 Å². The molecule has 0 aromatic carbocycles. The molecule has 0 spiro atoms. The molecule has 17 unspecified atom stereocenters. The lowest BCUT2D eigenvalue weighted by Gasteiger charge is -2.48. The zero-order valence-corrected chi connectivity index (χ0v) is 65.3. The predicted octanol–water partition coefficient (Wildman–Crippen LogP) is 15.3. The van der Waals surface area contributed by atoms with Gasteiger partial charge in [0.1, 0.15) is 73.2 Å². The highest BCUT2D eigenvalue weighted by atomic mass is 16.8. The van der Waals surface area contributed by atoms with Gasteiger partial charge >= 0.3 is 0 Å². The number of unbranched alkanes of at least 4 members (excludes halogenated alkanes) is 52. The van der Waals surface area contributed by atoms with Crippen LogP contribution >= 0.6 is 0 Å². The van der Waals surface area contributed by atoms with Gasteiger partial charge in [0.15, 0.2) is 18.9 Å². The third-order valence-corrected chi connectivity index (χ3v) is 21.8. The van der Waals surface area contributed by atoms with Gasteiger partial charge in [-0.3, -0.25) is 4.79 Å². The second-order valence-electron chi connectivity index (χ2n) is 31.0. The van der Waals surface area contributed by atoms with Gasteiger partial charge < -0.3 is 89.9 Å². The lowest BCUT2D eigenvalue weighted by atomic mass is 9.96. The Kier molecular flexibility index (Phi) is 60.3. The van der Waals surface area contributed by atoms with Crippen molar-refractivity contribution in [3.8, 4) is 0 Å². The summed E-state index contributed by atoms with van der Waals surface area (Å²) in [6, 6.07) is -0.989. The average Bonchev–Trinajstić information content (AvgIpc) is 0.781.